The fourth-order valence-electron chi connectivity index (χ4n) is 2.90. The summed E-state index contributed by atoms with van der Waals surface area (Å²) >= 11 is 0. The number of hydrogen-bond donors (Lipinski definition) is 2. The Hall–Kier alpha value is -3.67. The van der Waals surface area contributed by atoms with E-state index in [-0.39, 0.29) is 12.0 Å². The highest BCUT2D eigenvalue weighted by molar-refractivity contribution is 5.87. The Morgan fingerprint density at radius 3 is 2.18 bits per heavy atom. The second-order valence-electron chi connectivity index (χ2n) is 6.10. The second kappa shape index (κ2) is 8.81. The minimum atomic E-state index is -0.990. The van der Waals surface area contributed by atoms with Crippen LogP contribution in [0.25, 0.3) is 5.69 Å². The summed E-state index contributed by atoms with van der Waals surface area (Å²) in [7, 11) is 3.16. The van der Waals surface area contributed by atoms with Crippen LogP contribution < -0.4 is 14.8 Å². The summed E-state index contributed by atoms with van der Waals surface area (Å²) < 4.78 is 13.0. The van der Waals surface area contributed by atoms with Gasteiger partial charge in [-0.05, 0) is 42.0 Å². The Morgan fingerprint density at radius 1 is 1.04 bits per heavy atom. The molecule has 0 amide bonds. The molecule has 0 bridgehead atoms. The zero-order chi connectivity index (χ0) is 19.9. The van der Waals surface area contributed by atoms with E-state index in [0.29, 0.717) is 11.5 Å². The minimum absolute atomic E-state index is 0.216. The van der Waals surface area contributed by atoms with Gasteiger partial charge < -0.3 is 24.5 Å². The van der Waals surface area contributed by atoms with Crippen LogP contribution in [0.2, 0.25) is 0 Å². The highest BCUT2D eigenvalue weighted by atomic mass is 16.5. The van der Waals surface area contributed by atoms with Crippen molar-refractivity contribution in [2.75, 3.05) is 19.5 Å². The molecule has 0 aliphatic carbocycles. The van der Waals surface area contributed by atoms with Gasteiger partial charge in [0.2, 0.25) is 0 Å². The highest BCUT2D eigenvalue weighted by Crippen LogP contribution is 2.35. The van der Waals surface area contributed by atoms with E-state index in [1.807, 2.05) is 71.6 Å². The molecule has 0 fully saturated rings. The monoisotopic (exact) mass is 378 g/mol. The predicted molar refractivity (Wildman–Crippen MR) is 108 cm³/mol. The number of aromatic nitrogens is 1. The van der Waals surface area contributed by atoms with Crippen LogP contribution in [0.5, 0.6) is 11.5 Å². The molecular formula is C22H22N2O4. The number of hydrogen-bond acceptors (Lipinski definition) is 4. The Bertz CT molecular complexity index is 938. The molecule has 0 spiro atoms. The fourth-order valence-corrected chi connectivity index (χ4v) is 2.90. The number of rotatable bonds is 8. The number of nitrogens with one attached hydrogen (secondary N) is 1. The highest BCUT2D eigenvalue weighted by Gasteiger charge is 2.16. The summed E-state index contributed by atoms with van der Waals surface area (Å²) in [5.74, 6) is 0.216. The van der Waals surface area contributed by atoms with Crippen molar-refractivity contribution in [1.29, 1.82) is 0 Å². The molecular weight excluding hydrogens is 356 g/mol. The van der Waals surface area contributed by atoms with Crippen molar-refractivity contribution in [2.24, 2.45) is 0 Å². The molecule has 0 radical (unpaired) electrons. The molecule has 6 nitrogen and oxygen atoms in total. The number of anilines is 1. The van der Waals surface area contributed by atoms with Crippen molar-refractivity contribution >= 4 is 11.7 Å². The summed E-state index contributed by atoms with van der Waals surface area (Å²) in [6.07, 6.45) is 5.52. The van der Waals surface area contributed by atoms with Crippen LogP contribution in [0.3, 0.4) is 0 Å². The van der Waals surface area contributed by atoms with Gasteiger partial charge in [0, 0.05) is 30.7 Å². The summed E-state index contributed by atoms with van der Waals surface area (Å²) in [6.45, 7) is 0. The Labute approximate surface area is 163 Å². The van der Waals surface area contributed by atoms with Gasteiger partial charge in [0.15, 0.2) is 0 Å². The van der Waals surface area contributed by atoms with Gasteiger partial charge in [-0.15, -0.1) is 0 Å². The fraction of sp³-hybridized carbons (Fsp3) is 0.136. The van der Waals surface area contributed by atoms with Crippen molar-refractivity contribution in [3.63, 3.8) is 0 Å². The lowest BCUT2D eigenvalue weighted by Crippen LogP contribution is -2.08. The lowest BCUT2D eigenvalue weighted by Gasteiger charge is -2.16. The van der Waals surface area contributed by atoms with Crippen molar-refractivity contribution < 1.29 is 19.4 Å². The molecule has 2 N–H and O–H groups in total. The van der Waals surface area contributed by atoms with E-state index < -0.39 is 5.97 Å². The van der Waals surface area contributed by atoms with Gasteiger partial charge >= 0.3 is 5.97 Å². The maximum atomic E-state index is 11.7. The molecule has 6 heteroatoms. The van der Waals surface area contributed by atoms with Crippen LogP contribution in [0, 0.1) is 0 Å². The molecule has 0 atom stereocenters. The molecule has 0 unspecified atom stereocenters. The van der Waals surface area contributed by atoms with Crippen LogP contribution in [-0.2, 0) is 11.2 Å². The summed E-state index contributed by atoms with van der Waals surface area (Å²) in [5, 5.41) is 12.6. The zero-order valence-corrected chi connectivity index (χ0v) is 15.8. The third kappa shape index (κ3) is 4.35. The van der Waals surface area contributed by atoms with E-state index in [1.54, 1.807) is 14.2 Å². The SMILES string of the molecule is COc1cc(CC(=CNc2ccccc2)C(=O)O)cc(OC)c1-n1cccc1. The third-order valence-electron chi connectivity index (χ3n) is 4.26. The smallest absolute Gasteiger partial charge is 0.333 e. The maximum Gasteiger partial charge on any atom is 0.333 e. The first-order valence-electron chi connectivity index (χ1n) is 8.74. The number of methoxy groups -OCH3 is 2. The van der Waals surface area contributed by atoms with E-state index in [9.17, 15) is 9.90 Å². The van der Waals surface area contributed by atoms with Crippen molar-refractivity contribution in [1.82, 2.24) is 4.57 Å². The summed E-state index contributed by atoms with van der Waals surface area (Å²) in [4.78, 5) is 11.7. The lowest BCUT2D eigenvalue weighted by molar-refractivity contribution is -0.132. The van der Waals surface area contributed by atoms with E-state index in [0.717, 1.165) is 16.9 Å². The molecule has 3 rings (SSSR count). The molecule has 144 valence electrons. The number of carbonyl (C=O) groups is 1. The van der Waals surface area contributed by atoms with Crippen molar-refractivity contribution in [3.8, 4) is 17.2 Å². The normalized spacial score (nSPS) is 11.1. The number of carboxylic acid groups (broad SMARTS) is 1. The number of nitrogens with zero attached hydrogens (tertiary/aromatic N) is 1. The average Bonchev–Trinajstić information content (AvgIpc) is 3.25. The van der Waals surface area contributed by atoms with Crippen molar-refractivity contribution in [2.45, 2.75) is 6.42 Å². The van der Waals surface area contributed by atoms with E-state index in [2.05, 4.69) is 5.32 Å². The number of aliphatic carboxylic acids is 1. The van der Waals surface area contributed by atoms with Gasteiger partial charge in [-0.3, -0.25) is 0 Å². The molecule has 0 aliphatic rings. The topological polar surface area (TPSA) is 72.7 Å². The quantitative estimate of drug-likeness (QED) is 0.577. The van der Waals surface area contributed by atoms with Crippen LogP contribution in [0.4, 0.5) is 5.69 Å². The third-order valence-corrected chi connectivity index (χ3v) is 4.26. The standard InChI is InChI=1S/C22H22N2O4/c1-27-19-13-16(14-20(28-2)21(19)24-10-6-7-11-24)12-17(22(25)26)15-23-18-8-4-3-5-9-18/h3-11,13-15,23H,12H2,1-2H3,(H,25,26). The molecule has 1 aromatic heterocycles. The van der Waals surface area contributed by atoms with Gasteiger partial charge in [0.25, 0.3) is 0 Å². The second-order valence-corrected chi connectivity index (χ2v) is 6.10. The van der Waals surface area contributed by atoms with Crippen molar-refractivity contribution in [3.05, 3.63) is 84.3 Å². The van der Waals surface area contributed by atoms with Crippen LogP contribution in [-0.4, -0.2) is 29.9 Å². The first-order chi connectivity index (χ1) is 13.6. The molecule has 28 heavy (non-hydrogen) atoms. The molecule has 1 heterocycles. The van der Waals surface area contributed by atoms with E-state index in [1.165, 1.54) is 6.20 Å². The maximum absolute atomic E-state index is 11.7. The van der Waals surface area contributed by atoms with Gasteiger partial charge in [0.05, 0.1) is 19.8 Å². The summed E-state index contributed by atoms with van der Waals surface area (Å²) in [6, 6.07) is 16.9. The van der Waals surface area contributed by atoms with Crippen LogP contribution >= 0.6 is 0 Å². The Morgan fingerprint density at radius 2 is 1.64 bits per heavy atom. The average molecular weight is 378 g/mol. The van der Waals surface area contributed by atoms with Gasteiger partial charge in [-0.2, -0.15) is 0 Å². The van der Waals surface area contributed by atoms with E-state index in [4.69, 9.17) is 9.47 Å². The molecule has 0 saturated heterocycles. The van der Waals surface area contributed by atoms with Gasteiger partial charge in [-0.1, -0.05) is 18.2 Å². The zero-order valence-electron chi connectivity index (χ0n) is 15.8. The predicted octanol–water partition coefficient (Wildman–Crippen LogP) is 4.12. The van der Waals surface area contributed by atoms with Crippen LogP contribution in [0.15, 0.2) is 78.8 Å². The van der Waals surface area contributed by atoms with Gasteiger partial charge in [-0.25, -0.2) is 4.79 Å². The van der Waals surface area contributed by atoms with E-state index >= 15 is 0 Å². The summed E-state index contributed by atoms with van der Waals surface area (Å²) in [5.41, 5.74) is 2.58. The minimum Gasteiger partial charge on any atom is -0.494 e. The first kappa shape index (κ1) is 19.1. The number of carboxylic acids is 1. The molecule has 0 aliphatic heterocycles. The largest absolute Gasteiger partial charge is 0.494 e. The van der Waals surface area contributed by atoms with Crippen LogP contribution in [0.1, 0.15) is 5.56 Å². The number of ether oxygens (including phenoxy) is 2. The molecule has 0 saturated carbocycles. The molecule has 3 aromatic rings. The number of para-hydroxylation sites is 1. The first-order valence-corrected chi connectivity index (χ1v) is 8.74. The lowest BCUT2D eigenvalue weighted by atomic mass is 10.0. The van der Waals surface area contributed by atoms with Gasteiger partial charge in [0.1, 0.15) is 17.2 Å². The number of benzene rings is 2. The molecule has 2 aromatic carbocycles. The Kier molecular flexibility index (Phi) is 6.01. The Balaban J connectivity index is 1.92.